The number of aromatic nitrogens is 1. The molecule has 0 atom stereocenters. The fourth-order valence-corrected chi connectivity index (χ4v) is 8.76. The molecule has 0 unspecified atom stereocenters. The van der Waals surface area contributed by atoms with E-state index in [4.69, 9.17) is 4.42 Å². The average Bonchev–Trinajstić information content (AvgIpc) is 3.50. The van der Waals surface area contributed by atoms with Crippen LogP contribution in [0.2, 0.25) is 0 Å². The van der Waals surface area contributed by atoms with Gasteiger partial charge in [-0.2, -0.15) is 0 Å². The van der Waals surface area contributed by atoms with Crippen molar-refractivity contribution < 1.29 is 4.42 Å². The molecule has 3 nitrogen and oxygen atoms in total. The molecule has 0 saturated carbocycles. The zero-order chi connectivity index (χ0) is 29.8. The van der Waals surface area contributed by atoms with Gasteiger partial charge < -0.3 is 0 Å². The van der Waals surface area contributed by atoms with E-state index in [0.717, 1.165) is 58.0 Å². The van der Waals surface area contributed by atoms with Crippen molar-refractivity contribution in [2.75, 3.05) is 0 Å². The second-order valence-corrected chi connectivity index (χ2v) is 16.1. The van der Waals surface area contributed by atoms with E-state index < -0.39 is 0 Å². The quantitative estimate of drug-likeness (QED) is 0.134. The van der Waals surface area contributed by atoms with Crippen LogP contribution in [-0.4, -0.2) is 19.1 Å². The minimum atomic E-state index is 0.0424. The van der Waals surface area contributed by atoms with Crippen molar-refractivity contribution in [1.82, 2.24) is 4.57 Å². The summed E-state index contributed by atoms with van der Waals surface area (Å²) >= 11 is 0.0671. The minimum absolute atomic E-state index is 0.0424. The Balaban J connectivity index is 1.46. The van der Waals surface area contributed by atoms with Crippen molar-refractivity contribution in [2.24, 2.45) is 0 Å². The van der Waals surface area contributed by atoms with Gasteiger partial charge in [0.15, 0.2) is 0 Å². The van der Waals surface area contributed by atoms with Crippen LogP contribution in [0, 0.1) is 0 Å². The number of rotatable bonds is 1. The van der Waals surface area contributed by atoms with Crippen molar-refractivity contribution in [2.45, 2.75) is 52.4 Å². The molecule has 5 aromatic carbocycles. The van der Waals surface area contributed by atoms with Gasteiger partial charge in [-0.3, -0.25) is 0 Å². The van der Waals surface area contributed by atoms with Crippen molar-refractivity contribution in [3.8, 4) is 5.69 Å². The summed E-state index contributed by atoms with van der Waals surface area (Å²) in [7, 11) is 0. The van der Waals surface area contributed by atoms with Crippen LogP contribution in [0.5, 0.6) is 0 Å². The van der Waals surface area contributed by atoms with Gasteiger partial charge in [-0.25, -0.2) is 0 Å². The van der Waals surface area contributed by atoms with Crippen molar-refractivity contribution in [3.05, 3.63) is 112 Å². The van der Waals surface area contributed by atoms with E-state index in [-0.39, 0.29) is 30.8 Å². The van der Waals surface area contributed by atoms with Gasteiger partial charge >= 0.3 is 215 Å². The maximum atomic E-state index is 13.5. The molecule has 0 radical (unpaired) electrons. The fourth-order valence-electron chi connectivity index (χ4n) is 6.47. The predicted molar refractivity (Wildman–Crippen MR) is 184 cm³/mol. The third kappa shape index (κ3) is 3.97. The summed E-state index contributed by atoms with van der Waals surface area (Å²) in [6.45, 7) is 13.6. The molecule has 3 aromatic heterocycles. The standard InChI is InChI=1S/C39H33NO2Se/c1-38(2,3)22-14-16-30-26(18-22)27-19-23(39(4,5)6)15-17-31(27)40(30)32-12-9-11-24-28-21-35-29(20-33(28)42-37(24)32)36(41)25-10-7-8-13-34(25)43-35/h7-21H,1-6H3. The molecule has 3 heterocycles. The molecule has 8 aromatic rings. The second-order valence-electron chi connectivity index (χ2n) is 13.8. The van der Waals surface area contributed by atoms with Crippen molar-refractivity contribution in [3.63, 3.8) is 0 Å². The van der Waals surface area contributed by atoms with Crippen LogP contribution < -0.4 is 5.43 Å². The zero-order valence-corrected chi connectivity index (χ0v) is 27.0. The number of hydrogen-bond donors (Lipinski definition) is 0. The Hall–Kier alpha value is -4.11. The number of furan rings is 1. The molecular weight excluding hydrogens is 593 g/mol. The summed E-state index contributed by atoms with van der Waals surface area (Å²) in [4.78, 5) is 13.5. The Kier molecular flexibility index (Phi) is 5.52. The maximum absolute atomic E-state index is 13.5. The molecule has 43 heavy (non-hydrogen) atoms. The van der Waals surface area contributed by atoms with Gasteiger partial charge in [-0.15, -0.1) is 0 Å². The topological polar surface area (TPSA) is 35.1 Å². The number of para-hydroxylation sites is 1. The van der Waals surface area contributed by atoms with Gasteiger partial charge in [0.1, 0.15) is 0 Å². The van der Waals surface area contributed by atoms with Crippen molar-refractivity contribution in [1.29, 1.82) is 0 Å². The molecule has 0 amide bonds. The summed E-state index contributed by atoms with van der Waals surface area (Å²) in [5.41, 5.74) is 7.76. The molecule has 0 aliphatic carbocycles. The van der Waals surface area contributed by atoms with Gasteiger partial charge in [-0.05, 0) is 0 Å². The number of benzene rings is 5. The van der Waals surface area contributed by atoms with Gasteiger partial charge in [0.05, 0.1) is 0 Å². The molecule has 0 fully saturated rings. The Morgan fingerprint density at radius 3 is 1.86 bits per heavy atom. The van der Waals surface area contributed by atoms with Crippen LogP contribution in [0.4, 0.5) is 0 Å². The molecule has 212 valence electrons. The predicted octanol–water partition coefficient (Wildman–Crippen LogP) is 10.0. The molecule has 0 aliphatic heterocycles. The molecule has 4 heteroatoms. The summed E-state index contributed by atoms with van der Waals surface area (Å²) in [5.74, 6) is 0. The van der Waals surface area contributed by atoms with E-state index in [0.29, 0.717) is 0 Å². The third-order valence-electron chi connectivity index (χ3n) is 8.91. The molecule has 0 saturated heterocycles. The van der Waals surface area contributed by atoms with Crippen LogP contribution >= 0.6 is 0 Å². The SMILES string of the molecule is CC(C)(C)c1ccc2c(c1)c1cc(C(C)(C)C)ccc1n2-c1cccc2c1oc1cc3c(=O)c4ccccc4[se]c3cc12. The molecule has 0 spiro atoms. The van der Waals surface area contributed by atoms with Gasteiger partial charge in [0.25, 0.3) is 0 Å². The molecule has 0 N–H and O–H groups in total. The number of fused-ring (bicyclic) bond motifs is 8. The monoisotopic (exact) mass is 627 g/mol. The van der Waals surface area contributed by atoms with Crippen LogP contribution in [0.15, 0.2) is 100 Å². The van der Waals surface area contributed by atoms with E-state index >= 15 is 0 Å². The first-order chi connectivity index (χ1) is 20.5. The summed E-state index contributed by atoms with van der Waals surface area (Å²) in [5, 5.41) is 6.24. The van der Waals surface area contributed by atoms with Crippen LogP contribution in [0.3, 0.4) is 0 Å². The first-order valence-corrected chi connectivity index (χ1v) is 16.6. The van der Waals surface area contributed by atoms with Gasteiger partial charge in [0, 0.05) is 0 Å². The normalized spacial score (nSPS) is 13.0. The first-order valence-electron chi connectivity index (χ1n) is 14.9. The van der Waals surface area contributed by atoms with Gasteiger partial charge in [-0.1, -0.05) is 41.5 Å². The second kappa shape index (κ2) is 8.95. The Morgan fingerprint density at radius 1 is 0.581 bits per heavy atom. The first kappa shape index (κ1) is 26.5. The van der Waals surface area contributed by atoms with E-state index in [9.17, 15) is 4.79 Å². The Bertz CT molecular complexity index is 2420. The van der Waals surface area contributed by atoms with E-state index in [2.05, 4.69) is 113 Å². The molecular formula is C39H33NO2Se. The molecule has 0 aliphatic rings. The number of hydrogen-bond acceptors (Lipinski definition) is 2. The van der Waals surface area contributed by atoms with E-state index in [1.807, 2.05) is 24.3 Å². The zero-order valence-electron chi connectivity index (χ0n) is 25.3. The average molecular weight is 627 g/mol. The Morgan fingerprint density at radius 2 is 1.21 bits per heavy atom. The van der Waals surface area contributed by atoms with Crippen LogP contribution in [0.25, 0.3) is 68.7 Å². The third-order valence-corrected chi connectivity index (χ3v) is 11.3. The molecule has 0 bridgehead atoms. The summed E-state index contributed by atoms with van der Waals surface area (Å²) in [6.07, 6.45) is 0. The van der Waals surface area contributed by atoms with Crippen LogP contribution in [-0.2, 0) is 10.8 Å². The summed E-state index contributed by atoms with van der Waals surface area (Å²) < 4.78 is 11.3. The molecule has 8 rings (SSSR count). The summed E-state index contributed by atoms with van der Waals surface area (Å²) in [6, 6.07) is 32.4. The fraction of sp³-hybridized carbons (Fsp3) is 0.205. The van der Waals surface area contributed by atoms with Crippen LogP contribution in [0.1, 0.15) is 52.7 Å². The number of nitrogens with zero attached hydrogens (tertiary/aromatic N) is 1. The Labute approximate surface area is 256 Å². The van der Waals surface area contributed by atoms with E-state index in [1.165, 1.54) is 21.9 Å². The van der Waals surface area contributed by atoms with Gasteiger partial charge in [0.2, 0.25) is 0 Å². The van der Waals surface area contributed by atoms with Crippen molar-refractivity contribution >= 4 is 77.5 Å². The van der Waals surface area contributed by atoms with E-state index in [1.54, 1.807) is 0 Å².